The van der Waals surface area contributed by atoms with Crippen molar-refractivity contribution in [2.75, 3.05) is 5.73 Å². The molecular formula is C12H12N4S. The molecule has 0 spiro atoms. The maximum absolute atomic E-state index is 5.73. The van der Waals surface area contributed by atoms with Gasteiger partial charge in [-0.1, -0.05) is 0 Å². The Hall–Kier alpha value is -1.88. The molecule has 0 saturated heterocycles. The smallest absolute Gasteiger partial charge is 0.113 e. The first kappa shape index (κ1) is 10.3. The average molecular weight is 244 g/mol. The quantitative estimate of drug-likeness (QED) is 0.704. The van der Waals surface area contributed by atoms with E-state index in [2.05, 4.69) is 21.5 Å². The van der Waals surface area contributed by atoms with E-state index in [9.17, 15) is 0 Å². The molecule has 3 rings (SSSR count). The van der Waals surface area contributed by atoms with Gasteiger partial charge in [-0.05, 0) is 25.1 Å². The molecule has 2 heterocycles. The molecule has 4 nitrogen and oxygen atoms in total. The lowest BCUT2D eigenvalue weighted by Gasteiger charge is -2.01. The van der Waals surface area contributed by atoms with E-state index in [0.29, 0.717) is 0 Å². The molecular weight excluding hydrogens is 232 g/mol. The number of benzene rings is 1. The number of aryl methyl sites for hydroxylation is 1. The van der Waals surface area contributed by atoms with Crippen LogP contribution in [0.2, 0.25) is 0 Å². The van der Waals surface area contributed by atoms with Crippen molar-refractivity contribution < 1.29 is 0 Å². The number of rotatable bonds is 2. The first-order valence-electron chi connectivity index (χ1n) is 5.34. The zero-order valence-corrected chi connectivity index (χ0v) is 10.2. The minimum Gasteiger partial charge on any atom is -0.399 e. The van der Waals surface area contributed by atoms with Crippen LogP contribution in [0.3, 0.4) is 0 Å². The summed E-state index contributed by atoms with van der Waals surface area (Å²) in [6.07, 6.45) is 3.73. The second kappa shape index (κ2) is 3.85. The van der Waals surface area contributed by atoms with Crippen molar-refractivity contribution in [1.82, 2.24) is 14.5 Å². The molecule has 0 saturated carbocycles. The van der Waals surface area contributed by atoms with Crippen molar-refractivity contribution in [1.29, 1.82) is 0 Å². The third-order valence-corrected chi connectivity index (χ3v) is 3.52. The Morgan fingerprint density at radius 3 is 3.00 bits per heavy atom. The van der Waals surface area contributed by atoms with Crippen LogP contribution in [0.25, 0.3) is 11.0 Å². The summed E-state index contributed by atoms with van der Waals surface area (Å²) in [7, 11) is 0. The lowest BCUT2D eigenvalue weighted by Crippen LogP contribution is -1.97. The topological polar surface area (TPSA) is 56.7 Å². The second-order valence-corrected chi connectivity index (χ2v) is 5.30. The fourth-order valence-corrected chi connectivity index (χ4v) is 2.61. The molecule has 3 aromatic rings. The fraction of sp³-hybridized carbons (Fsp3) is 0.167. The van der Waals surface area contributed by atoms with Gasteiger partial charge < -0.3 is 10.3 Å². The average Bonchev–Trinajstić information content (AvgIpc) is 2.86. The zero-order chi connectivity index (χ0) is 11.8. The largest absolute Gasteiger partial charge is 0.399 e. The molecule has 0 bridgehead atoms. The summed E-state index contributed by atoms with van der Waals surface area (Å²) < 4.78 is 2.09. The number of fused-ring (bicyclic) bond motifs is 1. The molecule has 0 aliphatic rings. The summed E-state index contributed by atoms with van der Waals surface area (Å²) in [5.41, 5.74) is 8.49. The predicted octanol–water partition coefficient (Wildman–Crippen LogP) is 2.43. The minimum atomic E-state index is 0.743. The second-order valence-electron chi connectivity index (χ2n) is 3.99. The van der Waals surface area contributed by atoms with Gasteiger partial charge in [-0.25, -0.2) is 9.97 Å². The molecule has 5 heteroatoms. The number of hydrogen-bond donors (Lipinski definition) is 1. The van der Waals surface area contributed by atoms with E-state index in [0.717, 1.165) is 28.3 Å². The van der Waals surface area contributed by atoms with Gasteiger partial charge in [0.05, 0.1) is 23.9 Å². The van der Waals surface area contributed by atoms with E-state index >= 15 is 0 Å². The van der Waals surface area contributed by atoms with Gasteiger partial charge in [0.25, 0.3) is 0 Å². The molecule has 86 valence electrons. The van der Waals surface area contributed by atoms with Crippen molar-refractivity contribution in [3.63, 3.8) is 0 Å². The van der Waals surface area contributed by atoms with Crippen molar-refractivity contribution in [3.05, 3.63) is 40.6 Å². The first-order valence-corrected chi connectivity index (χ1v) is 6.16. The molecule has 0 atom stereocenters. The van der Waals surface area contributed by atoms with Crippen LogP contribution in [0.5, 0.6) is 0 Å². The molecule has 0 aliphatic carbocycles. The Bertz CT molecular complexity index is 668. The Balaban J connectivity index is 2.00. The molecule has 0 amide bonds. The van der Waals surface area contributed by atoms with Gasteiger partial charge in [-0.15, -0.1) is 11.3 Å². The van der Waals surface area contributed by atoms with Crippen LogP contribution in [-0.4, -0.2) is 14.5 Å². The van der Waals surface area contributed by atoms with Crippen LogP contribution in [0.4, 0.5) is 5.69 Å². The van der Waals surface area contributed by atoms with Gasteiger partial charge in [0.15, 0.2) is 0 Å². The number of thiazole rings is 1. The molecule has 2 aromatic heterocycles. The van der Waals surface area contributed by atoms with Crippen molar-refractivity contribution in [2.45, 2.75) is 13.5 Å². The van der Waals surface area contributed by atoms with E-state index in [1.54, 1.807) is 11.3 Å². The Labute approximate surface area is 103 Å². The predicted molar refractivity (Wildman–Crippen MR) is 70.1 cm³/mol. The number of imidazole rings is 1. The highest BCUT2D eigenvalue weighted by atomic mass is 32.1. The molecule has 0 unspecified atom stereocenters. The number of nitrogen functional groups attached to an aromatic ring is 1. The molecule has 1 aromatic carbocycles. The minimum absolute atomic E-state index is 0.743. The van der Waals surface area contributed by atoms with Crippen LogP contribution in [0, 0.1) is 6.92 Å². The van der Waals surface area contributed by atoms with Gasteiger partial charge >= 0.3 is 0 Å². The first-order chi connectivity index (χ1) is 8.22. The van der Waals surface area contributed by atoms with Crippen LogP contribution >= 0.6 is 11.3 Å². The Kier molecular flexibility index (Phi) is 2.33. The number of hydrogen-bond acceptors (Lipinski definition) is 4. The Morgan fingerprint density at radius 2 is 2.24 bits per heavy atom. The summed E-state index contributed by atoms with van der Waals surface area (Å²) in [6.45, 7) is 2.83. The van der Waals surface area contributed by atoms with Gasteiger partial charge in [0.2, 0.25) is 0 Å². The third kappa shape index (κ3) is 1.89. The standard InChI is InChI=1S/C12H12N4S/c1-8-5-14-12(17-8)6-16-7-15-10-4-9(13)2-3-11(10)16/h2-5,7H,6,13H2,1H3. The van der Waals surface area contributed by atoms with Crippen LogP contribution < -0.4 is 5.73 Å². The number of anilines is 1. The zero-order valence-electron chi connectivity index (χ0n) is 9.42. The molecule has 0 fully saturated rings. The Morgan fingerprint density at radius 1 is 1.35 bits per heavy atom. The van der Waals surface area contributed by atoms with Crippen molar-refractivity contribution >= 4 is 28.1 Å². The highest BCUT2D eigenvalue weighted by molar-refractivity contribution is 7.11. The van der Waals surface area contributed by atoms with E-state index < -0.39 is 0 Å². The summed E-state index contributed by atoms with van der Waals surface area (Å²) in [5, 5.41) is 1.10. The van der Waals surface area contributed by atoms with Crippen molar-refractivity contribution in [2.24, 2.45) is 0 Å². The highest BCUT2D eigenvalue weighted by Gasteiger charge is 2.05. The summed E-state index contributed by atoms with van der Waals surface area (Å²) in [5.74, 6) is 0. The monoisotopic (exact) mass is 244 g/mol. The lowest BCUT2D eigenvalue weighted by molar-refractivity contribution is 0.816. The summed E-state index contributed by atoms with van der Waals surface area (Å²) in [6, 6.07) is 5.78. The van der Waals surface area contributed by atoms with Crippen LogP contribution in [0.1, 0.15) is 9.88 Å². The van der Waals surface area contributed by atoms with Crippen LogP contribution in [0.15, 0.2) is 30.7 Å². The van der Waals surface area contributed by atoms with Gasteiger partial charge in [0.1, 0.15) is 5.01 Å². The normalized spacial score (nSPS) is 11.1. The number of nitrogens with two attached hydrogens (primary N) is 1. The van der Waals surface area contributed by atoms with E-state index in [-0.39, 0.29) is 0 Å². The lowest BCUT2D eigenvalue weighted by atomic mass is 10.3. The number of aromatic nitrogens is 3. The summed E-state index contributed by atoms with van der Waals surface area (Å²) >= 11 is 1.71. The van der Waals surface area contributed by atoms with Crippen LogP contribution in [-0.2, 0) is 6.54 Å². The SMILES string of the molecule is Cc1cnc(Cn2cnc3cc(N)ccc32)s1. The molecule has 0 radical (unpaired) electrons. The van der Waals surface area contributed by atoms with Gasteiger partial charge in [-0.3, -0.25) is 0 Å². The van der Waals surface area contributed by atoms with E-state index in [4.69, 9.17) is 5.73 Å². The number of nitrogens with zero attached hydrogens (tertiary/aromatic N) is 3. The van der Waals surface area contributed by atoms with Crippen molar-refractivity contribution in [3.8, 4) is 0 Å². The molecule has 17 heavy (non-hydrogen) atoms. The van der Waals surface area contributed by atoms with E-state index in [1.807, 2.05) is 30.7 Å². The maximum Gasteiger partial charge on any atom is 0.113 e. The summed E-state index contributed by atoms with van der Waals surface area (Å²) in [4.78, 5) is 9.93. The maximum atomic E-state index is 5.73. The third-order valence-electron chi connectivity index (χ3n) is 2.62. The van der Waals surface area contributed by atoms with E-state index in [1.165, 1.54) is 4.88 Å². The molecule has 0 aliphatic heterocycles. The van der Waals surface area contributed by atoms with Gasteiger partial charge in [-0.2, -0.15) is 0 Å². The fourth-order valence-electron chi connectivity index (χ4n) is 1.83. The van der Waals surface area contributed by atoms with Gasteiger partial charge in [0, 0.05) is 16.8 Å². The highest BCUT2D eigenvalue weighted by Crippen LogP contribution is 2.19. The molecule has 2 N–H and O–H groups in total.